The van der Waals surface area contributed by atoms with E-state index < -0.39 is 11.7 Å². The quantitative estimate of drug-likeness (QED) is 0.816. The summed E-state index contributed by atoms with van der Waals surface area (Å²) in [5.74, 6) is -0.240. The summed E-state index contributed by atoms with van der Waals surface area (Å²) in [4.78, 5) is 14.5. The predicted molar refractivity (Wildman–Crippen MR) is 72.9 cm³/mol. The molecule has 2 fully saturated rings. The predicted octanol–water partition coefficient (Wildman–Crippen LogP) is 4.25. The van der Waals surface area contributed by atoms with E-state index in [0.717, 1.165) is 50.7 Å². The first-order chi connectivity index (χ1) is 9.97. The van der Waals surface area contributed by atoms with Crippen molar-refractivity contribution in [1.82, 2.24) is 4.90 Å². The van der Waals surface area contributed by atoms with E-state index in [-0.39, 0.29) is 23.6 Å². The summed E-state index contributed by atoms with van der Waals surface area (Å²) < 4.78 is 38.3. The van der Waals surface area contributed by atoms with Gasteiger partial charge in [-0.3, -0.25) is 4.79 Å². The summed E-state index contributed by atoms with van der Waals surface area (Å²) in [6.45, 7) is 0. The minimum Gasteiger partial charge on any atom is -0.333 e. The third-order valence-electron chi connectivity index (χ3n) is 4.33. The number of carbonyl (C=O) groups is 1. The molecule has 0 unspecified atom stereocenters. The normalized spacial score (nSPS) is 19.8. The van der Waals surface area contributed by atoms with Crippen LogP contribution in [0.5, 0.6) is 0 Å². The highest BCUT2D eigenvalue weighted by atomic mass is 19.4. The molecule has 0 bridgehead atoms. The molecule has 0 radical (unpaired) electrons. The standard InChI is InChI=1S/C16H18F3NO/c17-16(18,19)12-5-3-4-11(10-12)15(21)20(14-8-9-14)13-6-1-2-7-13/h3-5,10,13-14H,1-2,6-9H2. The Morgan fingerprint density at radius 3 is 2.24 bits per heavy atom. The van der Waals surface area contributed by atoms with Crippen molar-refractivity contribution in [2.24, 2.45) is 0 Å². The average molecular weight is 297 g/mol. The van der Waals surface area contributed by atoms with Crippen LogP contribution in [-0.4, -0.2) is 22.9 Å². The maximum Gasteiger partial charge on any atom is 0.416 e. The van der Waals surface area contributed by atoms with E-state index in [1.165, 1.54) is 12.1 Å². The lowest BCUT2D eigenvalue weighted by Gasteiger charge is -2.29. The van der Waals surface area contributed by atoms with Crippen LogP contribution in [0.2, 0.25) is 0 Å². The van der Waals surface area contributed by atoms with Crippen LogP contribution in [0, 0.1) is 0 Å². The zero-order valence-corrected chi connectivity index (χ0v) is 11.7. The van der Waals surface area contributed by atoms with Gasteiger partial charge in [0.25, 0.3) is 5.91 Å². The van der Waals surface area contributed by atoms with Gasteiger partial charge in [-0.05, 0) is 43.9 Å². The average Bonchev–Trinajstić information content (AvgIpc) is 3.13. The number of nitrogens with zero attached hydrogens (tertiary/aromatic N) is 1. The summed E-state index contributed by atoms with van der Waals surface area (Å²) in [5, 5.41) is 0. The summed E-state index contributed by atoms with van der Waals surface area (Å²) in [7, 11) is 0. The van der Waals surface area contributed by atoms with E-state index in [1.54, 1.807) is 0 Å². The number of benzene rings is 1. The van der Waals surface area contributed by atoms with Crippen molar-refractivity contribution < 1.29 is 18.0 Å². The van der Waals surface area contributed by atoms with Crippen LogP contribution in [-0.2, 0) is 6.18 Å². The minimum atomic E-state index is -4.41. The molecular formula is C16H18F3NO. The summed E-state index contributed by atoms with van der Waals surface area (Å²) in [5.41, 5.74) is -0.598. The molecule has 0 aliphatic heterocycles. The topological polar surface area (TPSA) is 20.3 Å². The molecule has 21 heavy (non-hydrogen) atoms. The number of halogens is 3. The lowest BCUT2D eigenvalue weighted by atomic mass is 10.1. The van der Waals surface area contributed by atoms with Gasteiger partial charge in [0.2, 0.25) is 0 Å². The van der Waals surface area contributed by atoms with Gasteiger partial charge in [-0.15, -0.1) is 0 Å². The molecule has 5 heteroatoms. The number of amides is 1. The largest absolute Gasteiger partial charge is 0.416 e. The van der Waals surface area contributed by atoms with Gasteiger partial charge >= 0.3 is 6.18 Å². The number of carbonyl (C=O) groups excluding carboxylic acids is 1. The molecule has 2 aliphatic carbocycles. The van der Waals surface area contributed by atoms with E-state index >= 15 is 0 Å². The maximum atomic E-state index is 12.8. The van der Waals surface area contributed by atoms with Crippen molar-refractivity contribution in [3.05, 3.63) is 35.4 Å². The Balaban J connectivity index is 1.86. The third-order valence-corrected chi connectivity index (χ3v) is 4.33. The van der Waals surface area contributed by atoms with Gasteiger partial charge in [0, 0.05) is 17.6 Å². The van der Waals surface area contributed by atoms with E-state index in [4.69, 9.17) is 0 Å². The molecule has 1 amide bonds. The van der Waals surface area contributed by atoms with Gasteiger partial charge in [0.15, 0.2) is 0 Å². The van der Waals surface area contributed by atoms with Gasteiger partial charge in [-0.25, -0.2) is 0 Å². The van der Waals surface area contributed by atoms with E-state index in [9.17, 15) is 18.0 Å². The van der Waals surface area contributed by atoms with E-state index in [2.05, 4.69) is 0 Å². The molecule has 1 aromatic carbocycles. The second kappa shape index (κ2) is 5.35. The molecule has 1 aromatic rings. The van der Waals surface area contributed by atoms with Crippen molar-refractivity contribution >= 4 is 5.91 Å². The first kappa shape index (κ1) is 14.4. The molecule has 0 spiro atoms. The van der Waals surface area contributed by atoms with Crippen molar-refractivity contribution in [3.8, 4) is 0 Å². The molecule has 114 valence electrons. The van der Waals surface area contributed by atoms with Crippen molar-refractivity contribution in [3.63, 3.8) is 0 Å². The van der Waals surface area contributed by atoms with Gasteiger partial charge in [0.1, 0.15) is 0 Å². The molecule has 3 rings (SSSR count). The monoisotopic (exact) mass is 297 g/mol. The molecular weight excluding hydrogens is 279 g/mol. The summed E-state index contributed by atoms with van der Waals surface area (Å²) in [6, 6.07) is 5.23. The van der Waals surface area contributed by atoms with Gasteiger partial charge in [0.05, 0.1) is 5.56 Å². The van der Waals surface area contributed by atoms with E-state index in [1.807, 2.05) is 4.90 Å². The zero-order chi connectivity index (χ0) is 15.0. The van der Waals surface area contributed by atoms with Crippen molar-refractivity contribution in [1.29, 1.82) is 0 Å². The van der Waals surface area contributed by atoms with Gasteiger partial charge < -0.3 is 4.90 Å². The summed E-state index contributed by atoms with van der Waals surface area (Å²) >= 11 is 0. The van der Waals surface area contributed by atoms with Crippen LogP contribution in [0.15, 0.2) is 24.3 Å². The molecule has 0 aromatic heterocycles. The molecule has 0 heterocycles. The minimum absolute atomic E-state index is 0.156. The molecule has 2 saturated carbocycles. The van der Waals surface area contributed by atoms with Gasteiger partial charge in [-0.1, -0.05) is 18.9 Å². The van der Waals surface area contributed by atoms with Crippen LogP contribution in [0.3, 0.4) is 0 Å². The Bertz CT molecular complexity index is 531. The first-order valence-corrected chi connectivity index (χ1v) is 7.47. The Kier molecular flexibility index (Phi) is 3.68. The SMILES string of the molecule is O=C(c1cccc(C(F)(F)F)c1)N(C1CCCC1)C1CC1. The molecule has 0 saturated heterocycles. The van der Waals surface area contributed by atoms with Crippen LogP contribution < -0.4 is 0 Å². The van der Waals surface area contributed by atoms with Crippen LogP contribution >= 0.6 is 0 Å². The molecule has 0 atom stereocenters. The number of rotatable bonds is 3. The Morgan fingerprint density at radius 2 is 1.67 bits per heavy atom. The van der Waals surface area contributed by atoms with Crippen LogP contribution in [0.4, 0.5) is 13.2 Å². The van der Waals surface area contributed by atoms with E-state index in [0.29, 0.717) is 0 Å². The highest BCUT2D eigenvalue weighted by Crippen LogP contribution is 2.36. The Morgan fingerprint density at radius 1 is 1.05 bits per heavy atom. The maximum absolute atomic E-state index is 12.8. The Hall–Kier alpha value is -1.52. The number of hydrogen-bond donors (Lipinski definition) is 0. The number of alkyl halides is 3. The van der Waals surface area contributed by atoms with Crippen LogP contribution in [0.25, 0.3) is 0 Å². The number of hydrogen-bond acceptors (Lipinski definition) is 1. The zero-order valence-electron chi connectivity index (χ0n) is 11.7. The fraction of sp³-hybridized carbons (Fsp3) is 0.562. The second-order valence-electron chi connectivity index (χ2n) is 5.96. The second-order valence-corrected chi connectivity index (χ2v) is 5.96. The molecule has 2 nitrogen and oxygen atoms in total. The van der Waals surface area contributed by atoms with Gasteiger partial charge in [-0.2, -0.15) is 13.2 Å². The fourth-order valence-corrected chi connectivity index (χ4v) is 3.14. The Labute approximate surface area is 121 Å². The highest BCUT2D eigenvalue weighted by Gasteiger charge is 2.39. The van der Waals surface area contributed by atoms with Crippen LogP contribution in [0.1, 0.15) is 54.4 Å². The molecule has 0 N–H and O–H groups in total. The van der Waals surface area contributed by atoms with Crippen molar-refractivity contribution in [2.75, 3.05) is 0 Å². The lowest BCUT2D eigenvalue weighted by molar-refractivity contribution is -0.137. The molecule has 2 aliphatic rings. The van der Waals surface area contributed by atoms with Crippen molar-refractivity contribution in [2.45, 2.75) is 56.8 Å². The smallest absolute Gasteiger partial charge is 0.333 e. The summed E-state index contributed by atoms with van der Waals surface area (Å²) in [6.07, 6.45) is 1.69. The first-order valence-electron chi connectivity index (χ1n) is 7.47. The lowest BCUT2D eigenvalue weighted by Crippen LogP contribution is -2.40. The fourth-order valence-electron chi connectivity index (χ4n) is 3.14. The third kappa shape index (κ3) is 3.06. The highest BCUT2D eigenvalue weighted by molar-refractivity contribution is 5.95.